The Hall–Kier alpha value is -2.25. The summed E-state index contributed by atoms with van der Waals surface area (Å²) in [6, 6.07) is 8.16. The van der Waals surface area contributed by atoms with Crippen molar-refractivity contribution in [3.63, 3.8) is 0 Å². The van der Waals surface area contributed by atoms with E-state index in [4.69, 9.17) is 14.0 Å². The van der Waals surface area contributed by atoms with Gasteiger partial charge in [0.25, 0.3) is 5.89 Å². The second kappa shape index (κ2) is 7.17. The standard InChI is InChI=1S/C19H23N3O4/c1-24-12-16-20-18(26-22-16)19(8-10-25-11-9-19)21-17(23)15-7-6-13-4-2-3-5-14(13)15/h2-5,15H,6-12H2,1H3,(H,21,23)/t15-/m0/s1. The number of ether oxygens (including phenoxy) is 2. The van der Waals surface area contributed by atoms with Gasteiger partial charge in [0.2, 0.25) is 5.91 Å². The molecule has 0 radical (unpaired) electrons. The number of methoxy groups -OCH3 is 1. The van der Waals surface area contributed by atoms with Crippen molar-refractivity contribution in [3.05, 3.63) is 47.1 Å². The zero-order chi connectivity index (χ0) is 18.0. The predicted molar refractivity (Wildman–Crippen MR) is 92.4 cm³/mol. The van der Waals surface area contributed by atoms with Gasteiger partial charge in [0.1, 0.15) is 12.1 Å². The molecule has 1 atom stereocenters. The van der Waals surface area contributed by atoms with Crippen molar-refractivity contribution in [2.45, 2.75) is 43.7 Å². The molecule has 0 saturated carbocycles. The van der Waals surface area contributed by atoms with Gasteiger partial charge in [0, 0.05) is 33.2 Å². The fraction of sp³-hybridized carbons (Fsp3) is 0.526. The van der Waals surface area contributed by atoms with Gasteiger partial charge in [-0.1, -0.05) is 29.4 Å². The molecular formula is C19H23N3O4. The molecule has 2 heterocycles. The molecule has 1 fully saturated rings. The molecule has 1 aromatic carbocycles. The van der Waals surface area contributed by atoms with Crippen LogP contribution in [-0.2, 0) is 32.8 Å². The summed E-state index contributed by atoms with van der Waals surface area (Å²) in [5, 5.41) is 7.19. The van der Waals surface area contributed by atoms with Crippen LogP contribution in [0.5, 0.6) is 0 Å². The number of nitrogens with one attached hydrogen (secondary N) is 1. The SMILES string of the molecule is COCc1noc(C2(NC(=O)[C@H]3CCc4ccccc43)CCOCC2)n1. The fourth-order valence-corrected chi connectivity index (χ4v) is 3.90. The molecular weight excluding hydrogens is 334 g/mol. The molecule has 0 bridgehead atoms. The minimum absolute atomic E-state index is 0.0170. The van der Waals surface area contributed by atoms with E-state index in [0.717, 1.165) is 18.4 Å². The Kier molecular flexibility index (Phi) is 4.74. The predicted octanol–water partition coefficient (Wildman–Crippen LogP) is 2.07. The number of hydrogen-bond donors (Lipinski definition) is 1. The van der Waals surface area contributed by atoms with Gasteiger partial charge in [-0.2, -0.15) is 4.98 Å². The minimum atomic E-state index is -0.675. The highest BCUT2D eigenvalue weighted by molar-refractivity contribution is 5.85. The maximum absolute atomic E-state index is 13.1. The molecule has 2 aliphatic rings. The van der Waals surface area contributed by atoms with Crippen LogP contribution < -0.4 is 5.32 Å². The zero-order valence-electron chi connectivity index (χ0n) is 14.9. The van der Waals surface area contributed by atoms with Crippen molar-refractivity contribution in [3.8, 4) is 0 Å². The smallest absolute Gasteiger partial charge is 0.252 e. The number of aryl methyl sites for hydroxylation is 1. The summed E-state index contributed by atoms with van der Waals surface area (Å²) >= 11 is 0. The number of fused-ring (bicyclic) bond motifs is 1. The number of carbonyl (C=O) groups is 1. The third kappa shape index (κ3) is 3.12. The largest absolute Gasteiger partial charge is 0.381 e. The van der Waals surface area contributed by atoms with Gasteiger partial charge in [-0.15, -0.1) is 0 Å². The monoisotopic (exact) mass is 357 g/mol. The van der Waals surface area contributed by atoms with Crippen LogP contribution in [0.1, 0.15) is 48.0 Å². The molecule has 1 aliphatic carbocycles. The van der Waals surface area contributed by atoms with Crippen LogP contribution in [0.4, 0.5) is 0 Å². The van der Waals surface area contributed by atoms with E-state index >= 15 is 0 Å². The van der Waals surface area contributed by atoms with Gasteiger partial charge in [-0.05, 0) is 24.0 Å². The van der Waals surface area contributed by atoms with E-state index in [-0.39, 0.29) is 18.4 Å². The van der Waals surface area contributed by atoms with Gasteiger partial charge in [0.15, 0.2) is 5.82 Å². The average molecular weight is 357 g/mol. The number of rotatable bonds is 5. The lowest BCUT2D eigenvalue weighted by Crippen LogP contribution is -2.51. The highest BCUT2D eigenvalue weighted by atomic mass is 16.5. The first-order valence-corrected chi connectivity index (χ1v) is 9.01. The molecule has 1 aromatic heterocycles. The molecule has 2 aromatic rings. The highest BCUT2D eigenvalue weighted by Crippen LogP contribution is 2.36. The average Bonchev–Trinajstić information content (AvgIpc) is 3.30. The highest BCUT2D eigenvalue weighted by Gasteiger charge is 2.43. The molecule has 26 heavy (non-hydrogen) atoms. The van der Waals surface area contributed by atoms with Gasteiger partial charge < -0.3 is 19.3 Å². The van der Waals surface area contributed by atoms with E-state index < -0.39 is 5.54 Å². The number of aromatic nitrogens is 2. The Morgan fingerprint density at radius 2 is 2.15 bits per heavy atom. The van der Waals surface area contributed by atoms with Crippen LogP contribution in [0.2, 0.25) is 0 Å². The Morgan fingerprint density at radius 1 is 1.35 bits per heavy atom. The van der Waals surface area contributed by atoms with Crippen molar-refractivity contribution in [2.24, 2.45) is 0 Å². The van der Waals surface area contributed by atoms with Gasteiger partial charge in [-0.25, -0.2) is 0 Å². The minimum Gasteiger partial charge on any atom is -0.381 e. The van der Waals surface area contributed by atoms with Crippen molar-refractivity contribution >= 4 is 5.91 Å². The summed E-state index contributed by atoms with van der Waals surface area (Å²) in [6.07, 6.45) is 2.99. The van der Waals surface area contributed by atoms with Crippen LogP contribution in [0.3, 0.4) is 0 Å². The number of hydrogen-bond acceptors (Lipinski definition) is 6. The van der Waals surface area contributed by atoms with Gasteiger partial charge >= 0.3 is 0 Å². The van der Waals surface area contributed by atoms with Crippen LogP contribution in [-0.4, -0.2) is 36.4 Å². The fourth-order valence-electron chi connectivity index (χ4n) is 3.90. The molecule has 1 saturated heterocycles. The summed E-state index contributed by atoms with van der Waals surface area (Å²) in [6.45, 7) is 1.37. The quantitative estimate of drug-likeness (QED) is 0.881. The Labute approximate surface area is 152 Å². The maximum atomic E-state index is 13.1. The molecule has 138 valence electrons. The summed E-state index contributed by atoms with van der Waals surface area (Å²) < 4.78 is 16.0. The first-order chi connectivity index (χ1) is 12.7. The molecule has 1 amide bonds. The van der Waals surface area contributed by atoms with Gasteiger partial charge in [-0.3, -0.25) is 4.79 Å². The van der Waals surface area contributed by atoms with Gasteiger partial charge in [0.05, 0.1) is 5.92 Å². The molecule has 1 N–H and O–H groups in total. The first-order valence-electron chi connectivity index (χ1n) is 9.01. The van der Waals surface area contributed by atoms with E-state index in [1.165, 1.54) is 5.56 Å². The first kappa shape index (κ1) is 17.2. The Balaban J connectivity index is 1.58. The Bertz CT molecular complexity index is 783. The lowest BCUT2D eigenvalue weighted by Gasteiger charge is -2.35. The van der Waals surface area contributed by atoms with Crippen molar-refractivity contribution in [1.29, 1.82) is 0 Å². The topological polar surface area (TPSA) is 86.5 Å². The molecule has 7 nitrogen and oxygen atoms in total. The van der Waals surface area contributed by atoms with Crippen LogP contribution >= 0.6 is 0 Å². The van der Waals surface area contributed by atoms with E-state index in [9.17, 15) is 4.79 Å². The molecule has 1 aliphatic heterocycles. The van der Waals surface area contributed by atoms with E-state index in [2.05, 4.69) is 21.5 Å². The van der Waals surface area contributed by atoms with Crippen molar-refractivity contribution < 1.29 is 18.8 Å². The summed E-state index contributed by atoms with van der Waals surface area (Å²) in [4.78, 5) is 17.6. The third-order valence-corrected chi connectivity index (χ3v) is 5.31. The lowest BCUT2D eigenvalue weighted by atomic mass is 9.88. The normalized spacial score (nSPS) is 21.3. The zero-order valence-corrected chi connectivity index (χ0v) is 14.9. The summed E-state index contributed by atoms with van der Waals surface area (Å²) in [5.74, 6) is 0.803. The summed E-state index contributed by atoms with van der Waals surface area (Å²) in [7, 11) is 1.58. The molecule has 0 spiro atoms. The molecule has 4 rings (SSSR count). The van der Waals surface area contributed by atoms with Crippen molar-refractivity contribution in [1.82, 2.24) is 15.5 Å². The second-order valence-corrected chi connectivity index (χ2v) is 6.92. The summed E-state index contributed by atoms with van der Waals surface area (Å²) in [5.41, 5.74) is 1.71. The van der Waals surface area contributed by atoms with Crippen LogP contribution in [0, 0.1) is 0 Å². The second-order valence-electron chi connectivity index (χ2n) is 6.92. The van der Waals surface area contributed by atoms with E-state index in [1.807, 2.05) is 18.2 Å². The van der Waals surface area contributed by atoms with Crippen molar-refractivity contribution in [2.75, 3.05) is 20.3 Å². The number of benzene rings is 1. The number of amides is 1. The lowest BCUT2D eigenvalue weighted by molar-refractivity contribution is -0.126. The third-order valence-electron chi connectivity index (χ3n) is 5.31. The van der Waals surface area contributed by atoms with Crippen LogP contribution in [0.15, 0.2) is 28.8 Å². The van der Waals surface area contributed by atoms with Crippen LogP contribution in [0.25, 0.3) is 0 Å². The number of nitrogens with zero attached hydrogens (tertiary/aromatic N) is 2. The van der Waals surface area contributed by atoms with E-state index in [0.29, 0.717) is 37.8 Å². The molecule has 0 unspecified atom stereocenters. The van der Waals surface area contributed by atoms with E-state index in [1.54, 1.807) is 7.11 Å². The maximum Gasteiger partial charge on any atom is 0.252 e. The number of carbonyl (C=O) groups excluding carboxylic acids is 1. The molecule has 7 heteroatoms. The Morgan fingerprint density at radius 3 is 2.96 bits per heavy atom.